The van der Waals surface area contributed by atoms with Crippen LogP contribution in [-0.4, -0.2) is 15.3 Å². The normalized spacial score (nSPS) is 11.5. The van der Waals surface area contributed by atoms with Crippen molar-refractivity contribution in [3.63, 3.8) is 0 Å². The van der Waals surface area contributed by atoms with Gasteiger partial charge in [-0.05, 0) is 225 Å². The molecule has 0 aliphatic rings. The number of phenolic OH excluding ortho intramolecular Hbond substituents is 3. The fourth-order valence-electron chi connectivity index (χ4n) is 12.0. The van der Waals surface area contributed by atoms with Gasteiger partial charge in [0.25, 0.3) is 0 Å². The predicted molar refractivity (Wildman–Crippen MR) is 470 cm³/mol. The molecular formula is C98H144O3. The zero-order valence-electron chi connectivity index (χ0n) is 55.1. The Morgan fingerprint density at radius 1 is 0.218 bits per heavy atom. The van der Waals surface area contributed by atoms with Crippen molar-refractivity contribution in [1.82, 2.24) is 0 Å². The van der Waals surface area contributed by atoms with Gasteiger partial charge in [-0.3, -0.25) is 0 Å². The number of benzene rings is 13. The summed E-state index contributed by atoms with van der Waals surface area (Å²) in [7, 11) is 0. The van der Waals surface area contributed by atoms with Crippen LogP contribution in [0.2, 0.25) is 0 Å². The zero-order chi connectivity index (χ0) is 63.6. The van der Waals surface area contributed by atoms with Crippen LogP contribution in [0.4, 0.5) is 0 Å². The van der Waals surface area contributed by atoms with Gasteiger partial charge < -0.3 is 15.3 Å². The first-order chi connectivity index (χ1) is 43.1. The van der Waals surface area contributed by atoms with E-state index in [2.05, 4.69) is 247 Å². The van der Waals surface area contributed by atoms with Crippen LogP contribution in [0.15, 0.2) is 237 Å². The summed E-state index contributed by atoms with van der Waals surface area (Å²) in [5.74, 6) is 4.63. The maximum atomic E-state index is 9.01. The Hall–Kier alpha value is -8.66. The Balaban J connectivity index is -0.000000362. The summed E-state index contributed by atoms with van der Waals surface area (Å²) in [6, 6.07) is 82.1. The number of hydrogen-bond donors (Lipinski definition) is 3. The van der Waals surface area contributed by atoms with Crippen LogP contribution in [0.1, 0.15) is 280 Å². The lowest BCUT2D eigenvalue weighted by molar-refractivity contribution is 0.474. The van der Waals surface area contributed by atoms with E-state index < -0.39 is 0 Å². The molecule has 13 aromatic carbocycles. The van der Waals surface area contributed by atoms with Gasteiger partial charge in [-0.15, -0.1) is 0 Å². The van der Waals surface area contributed by atoms with Crippen LogP contribution in [0.25, 0.3) is 75.4 Å². The second-order valence-corrected chi connectivity index (χ2v) is 24.6. The molecule has 0 bridgehead atoms. The first-order valence-corrected chi connectivity index (χ1v) is 33.0. The average Bonchev–Trinajstić information content (AvgIpc) is 0.749. The molecule has 3 N–H and O–H groups in total. The van der Waals surface area contributed by atoms with Crippen molar-refractivity contribution in [2.45, 2.75) is 246 Å². The highest BCUT2D eigenvalue weighted by Gasteiger charge is 2.16. The van der Waals surface area contributed by atoms with Crippen LogP contribution in [0.5, 0.6) is 17.2 Å². The summed E-state index contributed by atoms with van der Waals surface area (Å²) in [5.41, 5.74) is 8.36. The molecule has 13 aromatic rings. The van der Waals surface area contributed by atoms with E-state index in [1.165, 1.54) is 128 Å². The minimum atomic E-state index is 0. The van der Waals surface area contributed by atoms with Gasteiger partial charge in [0.2, 0.25) is 0 Å². The first-order valence-electron chi connectivity index (χ1n) is 33.0. The maximum absolute atomic E-state index is 9.01. The number of phenols is 3. The largest absolute Gasteiger partial charge is 0.508 e. The van der Waals surface area contributed by atoms with E-state index >= 15 is 0 Å². The minimum absolute atomic E-state index is 0. The molecule has 13 rings (SSSR count). The Kier molecular flexibility index (Phi) is 49.0. The van der Waals surface area contributed by atoms with Gasteiger partial charge in [0.15, 0.2) is 0 Å². The average molecular weight is 1370 g/mol. The Labute approximate surface area is 620 Å². The van der Waals surface area contributed by atoms with Crippen molar-refractivity contribution < 1.29 is 15.3 Å². The number of hydrogen-bond acceptors (Lipinski definition) is 3. The maximum Gasteiger partial charge on any atom is 0.115 e. The molecule has 3 heteroatoms. The fourth-order valence-corrected chi connectivity index (χ4v) is 12.0. The Bertz CT molecular complexity index is 4080. The molecular weight excluding hydrogens is 1230 g/mol. The molecule has 101 heavy (non-hydrogen) atoms. The lowest BCUT2D eigenvalue weighted by atomic mass is 9.87. The first kappa shape index (κ1) is 101. The molecule has 0 saturated heterocycles. The van der Waals surface area contributed by atoms with Crippen molar-refractivity contribution in [2.75, 3.05) is 0 Å². The molecule has 0 heterocycles. The summed E-state index contributed by atoms with van der Waals surface area (Å²) >= 11 is 0. The van der Waals surface area contributed by atoms with Crippen LogP contribution in [-0.2, 0) is 0 Å². The molecule has 0 aliphatic heterocycles. The highest BCUT2D eigenvalue weighted by Crippen LogP contribution is 2.40. The van der Waals surface area contributed by atoms with Crippen LogP contribution in [0, 0.1) is 0 Å². The monoisotopic (exact) mass is 1370 g/mol. The van der Waals surface area contributed by atoms with Crippen LogP contribution >= 0.6 is 0 Å². The Morgan fingerprint density at radius 3 is 0.881 bits per heavy atom. The van der Waals surface area contributed by atoms with Gasteiger partial charge in [0.05, 0.1) is 0 Å². The lowest BCUT2D eigenvalue weighted by Gasteiger charge is -2.17. The van der Waals surface area contributed by atoms with E-state index in [1.54, 1.807) is 36.4 Å². The zero-order valence-corrected chi connectivity index (χ0v) is 55.1. The van der Waals surface area contributed by atoms with Crippen molar-refractivity contribution in [1.29, 1.82) is 0 Å². The predicted octanol–water partition coefficient (Wildman–Crippen LogP) is 33.5. The van der Waals surface area contributed by atoms with Gasteiger partial charge >= 0.3 is 0 Å². The van der Waals surface area contributed by atoms with Crippen molar-refractivity contribution in [3.05, 3.63) is 270 Å². The smallest absolute Gasteiger partial charge is 0.115 e. The van der Waals surface area contributed by atoms with Crippen molar-refractivity contribution >= 4 is 75.4 Å². The third kappa shape index (κ3) is 25.1. The molecule has 6 unspecified atom stereocenters. The van der Waals surface area contributed by atoms with E-state index in [0.29, 0.717) is 52.8 Å². The van der Waals surface area contributed by atoms with Gasteiger partial charge in [0.1, 0.15) is 17.2 Å². The molecule has 0 spiro atoms. The summed E-state index contributed by atoms with van der Waals surface area (Å²) in [6.07, 6.45) is 6.98. The standard InChI is InChI=1S/C20H18.2C18H18.3C10H14O.12CH4/c1-3-13(2)17-11-9-16-8-7-14-5-4-6-15-10-12-18(17)20(16)19(14)15;1-3-13(2)18-16-10-6-4-8-14(16)12-15-9-5-7-11-17(15)18;1-3-13(2)18-12-14-8-4-5-9-15(14)16-10-6-7-11-17(16)18;3*1-3-8(2)9-4-6-10(11)7-5-9;;;;;;;;;;;;/h4-13H,3H2,1-2H3;2*4-13H,3H2,1-2H3;3*4-8,11H,3H2,1-2H3;12*1H4. The van der Waals surface area contributed by atoms with E-state index in [4.69, 9.17) is 15.3 Å². The van der Waals surface area contributed by atoms with E-state index in [0.717, 1.165) is 19.3 Å². The summed E-state index contributed by atoms with van der Waals surface area (Å²) < 4.78 is 0. The van der Waals surface area contributed by atoms with Crippen molar-refractivity contribution in [2.24, 2.45) is 0 Å². The summed E-state index contributed by atoms with van der Waals surface area (Å²) in [5, 5.41) is 46.4. The molecule has 0 amide bonds. The SMILES string of the molecule is C.C.C.C.C.C.C.C.C.C.C.C.CCC(C)c1c2ccccc2cc2ccccc12.CCC(C)c1cc2ccccc2c2ccccc12.CCC(C)c1ccc(O)cc1.CCC(C)c1ccc(O)cc1.CCC(C)c1ccc(O)cc1.CCC(C)c1ccc2ccc3cccc4ccc1c2c34. The quantitative estimate of drug-likeness (QED) is 0.0844. The minimum Gasteiger partial charge on any atom is -0.508 e. The second kappa shape index (κ2) is 49.0. The molecule has 0 fully saturated rings. The topological polar surface area (TPSA) is 60.7 Å². The lowest BCUT2D eigenvalue weighted by Crippen LogP contribution is -1.95. The molecule has 0 aromatic heterocycles. The van der Waals surface area contributed by atoms with Crippen molar-refractivity contribution in [3.8, 4) is 17.2 Å². The third-order valence-corrected chi connectivity index (χ3v) is 18.8. The fraction of sp³-hybridized carbons (Fsp3) is 0.367. The van der Waals surface area contributed by atoms with Crippen LogP contribution in [0.3, 0.4) is 0 Å². The van der Waals surface area contributed by atoms with Gasteiger partial charge in [-0.25, -0.2) is 0 Å². The molecule has 3 nitrogen and oxygen atoms in total. The molecule has 0 saturated carbocycles. The number of fused-ring (bicyclic) bond motifs is 5. The molecule has 554 valence electrons. The summed E-state index contributed by atoms with van der Waals surface area (Å²) in [6.45, 7) is 26.8. The third-order valence-electron chi connectivity index (χ3n) is 18.8. The van der Waals surface area contributed by atoms with E-state index in [1.807, 2.05) is 36.4 Å². The van der Waals surface area contributed by atoms with Crippen LogP contribution < -0.4 is 0 Å². The molecule has 0 radical (unpaired) electrons. The molecule has 6 atom stereocenters. The number of aromatic hydroxyl groups is 3. The molecule has 0 aliphatic carbocycles. The van der Waals surface area contributed by atoms with E-state index in [9.17, 15) is 0 Å². The summed E-state index contributed by atoms with van der Waals surface area (Å²) in [4.78, 5) is 0. The second-order valence-electron chi connectivity index (χ2n) is 24.6. The van der Waals surface area contributed by atoms with Gasteiger partial charge in [0, 0.05) is 0 Å². The highest BCUT2D eigenvalue weighted by molar-refractivity contribution is 6.23. The number of rotatable bonds is 12. The van der Waals surface area contributed by atoms with Gasteiger partial charge in [-0.2, -0.15) is 0 Å². The van der Waals surface area contributed by atoms with E-state index in [-0.39, 0.29) is 89.1 Å². The highest BCUT2D eigenvalue weighted by atomic mass is 16.3. The van der Waals surface area contributed by atoms with Gasteiger partial charge in [-0.1, -0.05) is 366 Å². The Morgan fingerprint density at radius 2 is 0.505 bits per heavy atom.